The number of quaternary nitrogens is 2. The molecule has 2 N–H and O–H groups in total. The molecule has 0 saturated carbocycles. The minimum Gasteiger partial charge on any atom is -0.748 e. The maximum Gasteiger partial charge on any atom is 0.116 e. The van der Waals surface area contributed by atoms with Crippen molar-refractivity contribution in [1.29, 1.82) is 0 Å². The lowest BCUT2D eigenvalue weighted by Crippen LogP contribution is -2.56. The topological polar surface area (TPSA) is 155 Å². The van der Waals surface area contributed by atoms with Crippen molar-refractivity contribution in [2.75, 3.05) is 63.9 Å². The molecule has 0 saturated heterocycles. The van der Waals surface area contributed by atoms with Crippen LogP contribution in [0.3, 0.4) is 0 Å². The zero-order chi connectivity index (χ0) is 37.8. The van der Waals surface area contributed by atoms with Crippen molar-refractivity contribution in [1.82, 2.24) is 0 Å². The van der Waals surface area contributed by atoms with E-state index in [1.807, 2.05) is 0 Å². The maximum atomic E-state index is 11.4. The highest BCUT2D eigenvalue weighted by atomic mass is 32.2. The van der Waals surface area contributed by atoms with Gasteiger partial charge >= 0.3 is 0 Å². The van der Waals surface area contributed by atoms with Gasteiger partial charge in [-0.15, -0.1) is 0 Å². The fourth-order valence-corrected chi connectivity index (χ4v) is 8.87. The lowest BCUT2D eigenvalue weighted by Gasteiger charge is -2.41. The van der Waals surface area contributed by atoms with Crippen molar-refractivity contribution < 1.29 is 45.1 Å². The number of unbranched alkanes of at least 4 members (excludes halogenated alkanes) is 19. The Labute approximate surface area is 309 Å². The lowest BCUT2D eigenvalue weighted by molar-refractivity contribution is -0.935. The number of nitrogens with zero attached hydrogens (tertiary/aromatic N) is 2. The van der Waals surface area contributed by atoms with Crippen LogP contribution in [-0.4, -0.2) is 121 Å². The van der Waals surface area contributed by atoms with E-state index in [0.717, 1.165) is 90.6 Å². The molecule has 302 valence electrons. The highest BCUT2D eigenvalue weighted by Gasteiger charge is 2.32. The van der Waals surface area contributed by atoms with Crippen LogP contribution in [0.5, 0.6) is 0 Å². The summed E-state index contributed by atoms with van der Waals surface area (Å²) in [5, 5.41) is 21.3. The van der Waals surface area contributed by atoms with Crippen LogP contribution in [0.15, 0.2) is 0 Å². The van der Waals surface area contributed by atoms with E-state index in [2.05, 4.69) is 27.7 Å². The minimum absolute atomic E-state index is 0.224. The van der Waals surface area contributed by atoms with Crippen molar-refractivity contribution >= 4 is 20.2 Å². The normalized spacial score (nSPS) is 16.2. The van der Waals surface area contributed by atoms with Gasteiger partial charge in [0.25, 0.3) is 0 Å². The Kier molecular flexibility index (Phi) is 28.9. The Morgan fingerprint density at radius 1 is 0.420 bits per heavy atom. The monoisotopic (exact) mass is 757 g/mol. The van der Waals surface area contributed by atoms with E-state index in [1.165, 1.54) is 89.9 Å². The molecule has 4 unspecified atom stereocenters. The fourth-order valence-electron chi connectivity index (χ4n) is 7.71. The van der Waals surface area contributed by atoms with Gasteiger partial charge in [0.2, 0.25) is 0 Å². The number of aliphatic hydroxyl groups is 2. The van der Waals surface area contributed by atoms with Gasteiger partial charge in [0.05, 0.1) is 71.0 Å². The smallest absolute Gasteiger partial charge is 0.116 e. The van der Waals surface area contributed by atoms with E-state index in [1.54, 1.807) is 0 Å². The van der Waals surface area contributed by atoms with Crippen LogP contribution in [0.2, 0.25) is 0 Å². The molecule has 0 aliphatic rings. The zero-order valence-electron chi connectivity index (χ0n) is 32.8. The molecule has 0 fully saturated rings. The summed E-state index contributed by atoms with van der Waals surface area (Å²) in [4.78, 5) is 0. The summed E-state index contributed by atoms with van der Waals surface area (Å²) < 4.78 is 69.8. The Hall–Kier alpha value is -0.340. The molecule has 0 bridgehead atoms. The van der Waals surface area contributed by atoms with Crippen molar-refractivity contribution in [2.24, 2.45) is 0 Å². The van der Waals surface area contributed by atoms with Crippen molar-refractivity contribution in [2.45, 2.75) is 181 Å². The van der Waals surface area contributed by atoms with E-state index in [4.69, 9.17) is 0 Å². The molecule has 10 nitrogen and oxygen atoms in total. The second-order valence-corrected chi connectivity index (χ2v) is 18.3. The predicted octanol–water partition coefficient (Wildman–Crippen LogP) is 7.09. The van der Waals surface area contributed by atoms with Crippen LogP contribution < -0.4 is 0 Å². The SMILES string of the molecule is CCCCCCCCCCCC[N+](CC)(CCCC[N+](CC)(CCCCCCCCCCCC)CC(O)CS(=O)(=O)[O-])CC(O)CS(=O)(=O)[O-]. The molecule has 0 heterocycles. The minimum atomic E-state index is -4.54. The Bertz CT molecular complexity index is 934. The number of hydrogen-bond donors (Lipinski definition) is 2. The second-order valence-electron chi connectivity index (χ2n) is 15.4. The number of rotatable bonds is 37. The second kappa shape index (κ2) is 29.1. The molecule has 0 aliphatic carbocycles. The third-order valence-electron chi connectivity index (χ3n) is 10.8. The standard InChI is InChI=1S/C38H80N2O8S2/c1-5-9-11-13-15-17-19-21-23-25-29-39(7-3,33-37(41)35-49(43,44)45)31-27-28-32-40(8-4,34-38(42)36-50(46,47)48)30-26-24-22-20-18-16-14-12-10-6-2/h37-38,41-42H,5-36H2,1-4H3. The van der Waals surface area contributed by atoms with Crippen LogP contribution >= 0.6 is 0 Å². The van der Waals surface area contributed by atoms with Gasteiger partial charge in [-0.25, -0.2) is 16.8 Å². The number of hydrogen-bond acceptors (Lipinski definition) is 8. The molecule has 0 aliphatic heterocycles. The largest absolute Gasteiger partial charge is 0.748 e. The van der Waals surface area contributed by atoms with Crippen LogP contribution in [0, 0.1) is 0 Å². The molecule has 0 spiro atoms. The first-order valence-electron chi connectivity index (χ1n) is 20.6. The quantitative estimate of drug-likeness (QED) is 0.0387. The lowest BCUT2D eigenvalue weighted by atomic mass is 10.1. The molecule has 0 rings (SSSR count). The van der Waals surface area contributed by atoms with E-state index >= 15 is 0 Å². The van der Waals surface area contributed by atoms with E-state index in [9.17, 15) is 36.2 Å². The molecule has 0 aromatic rings. The molecule has 0 radical (unpaired) electrons. The molecule has 12 heteroatoms. The van der Waals surface area contributed by atoms with Crippen LogP contribution in [0.25, 0.3) is 0 Å². The zero-order valence-corrected chi connectivity index (χ0v) is 34.5. The van der Waals surface area contributed by atoms with Gasteiger partial charge in [-0.3, -0.25) is 0 Å². The third-order valence-corrected chi connectivity index (χ3v) is 12.4. The van der Waals surface area contributed by atoms with Crippen molar-refractivity contribution in [3.05, 3.63) is 0 Å². The summed E-state index contributed by atoms with van der Waals surface area (Å²) in [5.74, 6) is -1.56. The van der Waals surface area contributed by atoms with Gasteiger partial charge < -0.3 is 28.3 Å². The summed E-state index contributed by atoms with van der Waals surface area (Å²) in [5.41, 5.74) is 0. The third kappa shape index (κ3) is 28.2. The van der Waals surface area contributed by atoms with Crippen LogP contribution in [0.1, 0.15) is 169 Å². The summed E-state index contributed by atoms with van der Waals surface area (Å²) in [6.07, 6.45) is 23.5. The Balaban J connectivity index is 5.31. The first-order valence-corrected chi connectivity index (χ1v) is 23.7. The highest BCUT2D eigenvalue weighted by molar-refractivity contribution is 7.85. The van der Waals surface area contributed by atoms with Gasteiger partial charge in [-0.2, -0.15) is 0 Å². The van der Waals surface area contributed by atoms with Crippen LogP contribution in [0.4, 0.5) is 0 Å². The average molecular weight is 757 g/mol. The fraction of sp³-hybridized carbons (Fsp3) is 1.00. The van der Waals surface area contributed by atoms with Crippen molar-refractivity contribution in [3.63, 3.8) is 0 Å². The molecule has 4 atom stereocenters. The Morgan fingerprint density at radius 3 is 0.860 bits per heavy atom. The van der Waals surface area contributed by atoms with Gasteiger partial charge in [-0.1, -0.05) is 117 Å². The number of aliphatic hydroxyl groups excluding tert-OH is 2. The van der Waals surface area contributed by atoms with Crippen LogP contribution in [-0.2, 0) is 20.2 Å². The van der Waals surface area contributed by atoms with Crippen molar-refractivity contribution in [3.8, 4) is 0 Å². The molecule has 0 amide bonds. The summed E-state index contributed by atoms with van der Waals surface area (Å²) in [6, 6.07) is 0. The number of likely N-dealkylation sites (N-methyl/N-ethyl adjacent to an activating group) is 2. The summed E-state index contributed by atoms with van der Waals surface area (Å²) in [6.45, 7) is 13.6. The predicted molar refractivity (Wildman–Crippen MR) is 205 cm³/mol. The maximum absolute atomic E-state index is 11.4. The first-order chi connectivity index (χ1) is 23.7. The van der Waals surface area contributed by atoms with Gasteiger partial charge in [0.15, 0.2) is 0 Å². The van der Waals surface area contributed by atoms with E-state index in [0.29, 0.717) is 8.97 Å². The summed E-state index contributed by atoms with van der Waals surface area (Å²) in [7, 11) is -9.09. The molecular formula is C38H80N2O8S2. The highest BCUT2D eigenvalue weighted by Crippen LogP contribution is 2.20. The first kappa shape index (κ1) is 49.7. The Morgan fingerprint density at radius 2 is 0.640 bits per heavy atom. The van der Waals surface area contributed by atoms with E-state index < -0.39 is 43.9 Å². The van der Waals surface area contributed by atoms with Gasteiger partial charge in [0, 0.05) is 12.8 Å². The van der Waals surface area contributed by atoms with Gasteiger partial charge in [0.1, 0.15) is 25.3 Å². The average Bonchev–Trinajstić information content (AvgIpc) is 3.02. The molecule has 0 aromatic carbocycles. The molecular weight excluding hydrogens is 677 g/mol. The summed E-state index contributed by atoms with van der Waals surface area (Å²) >= 11 is 0. The molecule has 0 aromatic heterocycles. The van der Waals surface area contributed by atoms with E-state index in [-0.39, 0.29) is 13.1 Å². The molecule has 50 heavy (non-hydrogen) atoms. The van der Waals surface area contributed by atoms with Gasteiger partial charge in [-0.05, 0) is 39.5 Å².